The number of hydrogen-bond donors (Lipinski definition) is 2. The van der Waals surface area contributed by atoms with Crippen LogP contribution in [0.15, 0.2) is 90.8 Å². The summed E-state index contributed by atoms with van der Waals surface area (Å²) in [5.41, 5.74) is 1.79. The monoisotopic (exact) mass is 302 g/mol. The molecule has 0 fully saturated rings. The Hall–Kier alpha value is -3.00. The average Bonchev–Trinajstić information content (AvgIpc) is 2.56. The lowest BCUT2D eigenvalue weighted by molar-refractivity contribution is 0.433. The van der Waals surface area contributed by atoms with Gasteiger partial charge in [-0.05, 0) is 34.9 Å². The highest BCUT2D eigenvalue weighted by molar-refractivity contribution is 6.01. The van der Waals surface area contributed by atoms with Crippen molar-refractivity contribution in [2.45, 2.75) is 6.42 Å². The molecule has 2 aromatic carbocycles. The third-order valence-corrected chi connectivity index (χ3v) is 3.83. The normalized spacial score (nSPS) is 22.7. The van der Waals surface area contributed by atoms with E-state index in [1.54, 1.807) is 12.1 Å². The quantitative estimate of drug-likeness (QED) is 0.736. The highest BCUT2D eigenvalue weighted by Crippen LogP contribution is 2.38. The first kappa shape index (κ1) is 14.9. The highest BCUT2D eigenvalue weighted by Gasteiger charge is 2.17. The maximum atomic E-state index is 10.6. The first-order valence-corrected chi connectivity index (χ1v) is 7.52. The van der Waals surface area contributed by atoms with Crippen LogP contribution in [0.3, 0.4) is 0 Å². The lowest BCUT2D eigenvalue weighted by Gasteiger charge is -2.15. The Kier molecular flexibility index (Phi) is 4.15. The van der Waals surface area contributed by atoms with Gasteiger partial charge in [0.05, 0.1) is 0 Å². The maximum Gasteiger partial charge on any atom is 0.124 e. The molecule has 0 spiro atoms. The summed E-state index contributed by atoms with van der Waals surface area (Å²) in [6.07, 6.45) is 11.9. The summed E-state index contributed by atoms with van der Waals surface area (Å²) in [5.74, 6) is 0.224. The van der Waals surface area contributed by atoms with Crippen molar-refractivity contribution in [3.63, 3.8) is 0 Å². The zero-order valence-corrected chi connectivity index (χ0v) is 12.7. The Morgan fingerprint density at radius 2 is 1.70 bits per heavy atom. The minimum atomic E-state index is 0.0987. The van der Waals surface area contributed by atoms with Crippen molar-refractivity contribution in [3.8, 4) is 5.75 Å². The summed E-state index contributed by atoms with van der Waals surface area (Å²) >= 11 is 0. The van der Waals surface area contributed by atoms with Crippen LogP contribution >= 0.6 is 0 Å². The van der Waals surface area contributed by atoms with Crippen molar-refractivity contribution in [3.05, 3.63) is 96.3 Å². The number of hydrogen-bond acceptors (Lipinski definition) is 2. The summed E-state index contributed by atoms with van der Waals surface area (Å²) in [6, 6.07) is 11.3. The Labute approximate surface area is 135 Å². The van der Waals surface area contributed by atoms with Crippen molar-refractivity contribution in [2.75, 3.05) is 0 Å². The molecule has 2 N–H and O–H groups in total. The molecule has 2 heteroatoms. The number of rotatable bonds is 1. The average molecular weight is 302 g/mol. The lowest BCUT2D eigenvalue weighted by Crippen LogP contribution is -1.95. The number of aromatic hydroxyl groups is 1. The molecular formula is C21H18O2. The fraction of sp³-hybridized carbons (Fsp3) is 0.0476. The van der Waals surface area contributed by atoms with Gasteiger partial charge in [-0.3, -0.25) is 0 Å². The smallest absolute Gasteiger partial charge is 0.124 e. The highest BCUT2D eigenvalue weighted by atomic mass is 16.3. The number of phenols is 1. The number of benzene rings is 2. The van der Waals surface area contributed by atoms with Gasteiger partial charge in [0.15, 0.2) is 0 Å². The summed E-state index contributed by atoms with van der Waals surface area (Å²) in [7, 11) is 0. The summed E-state index contributed by atoms with van der Waals surface area (Å²) in [6.45, 7) is 4.06. The predicted molar refractivity (Wildman–Crippen MR) is 96.3 cm³/mol. The third-order valence-electron chi connectivity index (χ3n) is 3.83. The Morgan fingerprint density at radius 1 is 0.870 bits per heavy atom. The van der Waals surface area contributed by atoms with E-state index in [1.165, 1.54) is 0 Å². The van der Waals surface area contributed by atoms with E-state index >= 15 is 0 Å². The molecule has 3 rings (SSSR count). The number of aliphatic hydroxyl groups is 1. The lowest BCUT2D eigenvalue weighted by atomic mass is 9.91. The van der Waals surface area contributed by atoms with Gasteiger partial charge in [-0.1, -0.05) is 67.3 Å². The van der Waals surface area contributed by atoms with Gasteiger partial charge in [0.1, 0.15) is 11.5 Å². The van der Waals surface area contributed by atoms with Gasteiger partial charge in [-0.25, -0.2) is 0 Å². The van der Waals surface area contributed by atoms with Crippen LogP contribution in [0.25, 0.3) is 16.3 Å². The van der Waals surface area contributed by atoms with E-state index in [0.29, 0.717) is 16.7 Å². The number of aliphatic hydroxyl groups excluding tert-OH is 1. The molecule has 2 aromatic rings. The summed E-state index contributed by atoms with van der Waals surface area (Å²) in [5, 5.41) is 22.9. The minimum absolute atomic E-state index is 0.0987. The van der Waals surface area contributed by atoms with E-state index in [2.05, 4.69) is 6.58 Å². The SMILES string of the molecule is C=C1/C=C\C=C/C/C=C\C(O)=C/1c1c(O)ccc2ccccc12. The Morgan fingerprint density at radius 3 is 2.57 bits per heavy atom. The van der Waals surface area contributed by atoms with Crippen LogP contribution in [-0.2, 0) is 0 Å². The summed E-state index contributed by atoms with van der Waals surface area (Å²) < 4.78 is 0. The molecule has 1 aliphatic carbocycles. The van der Waals surface area contributed by atoms with Gasteiger partial charge in [-0.15, -0.1) is 0 Å². The first-order chi connectivity index (χ1) is 11.2. The van der Waals surface area contributed by atoms with Crippen molar-refractivity contribution in [1.29, 1.82) is 0 Å². The van der Waals surface area contributed by atoms with Crippen LogP contribution in [0, 0.1) is 0 Å². The van der Waals surface area contributed by atoms with E-state index in [0.717, 1.165) is 17.2 Å². The minimum Gasteiger partial charge on any atom is -0.507 e. The van der Waals surface area contributed by atoms with E-state index in [1.807, 2.05) is 60.7 Å². The number of allylic oxidation sites excluding steroid dienone is 8. The van der Waals surface area contributed by atoms with Gasteiger partial charge in [0.25, 0.3) is 0 Å². The fourth-order valence-corrected chi connectivity index (χ4v) is 2.73. The molecule has 2 nitrogen and oxygen atoms in total. The molecule has 23 heavy (non-hydrogen) atoms. The summed E-state index contributed by atoms with van der Waals surface area (Å²) in [4.78, 5) is 0. The van der Waals surface area contributed by atoms with E-state index in [9.17, 15) is 10.2 Å². The van der Waals surface area contributed by atoms with E-state index in [-0.39, 0.29) is 11.5 Å². The molecule has 0 heterocycles. The van der Waals surface area contributed by atoms with Crippen LogP contribution in [0.4, 0.5) is 0 Å². The maximum absolute atomic E-state index is 10.6. The standard InChI is InChI=1S/C21H18O2/c1-15-9-5-3-2-4-6-12-18(22)20(15)21-17-11-8-7-10-16(17)13-14-19(21)23/h2-3,5-14,22-23H,1,4H2/b3-2-,9-5-,12-6-,20-18-. The van der Waals surface area contributed by atoms with E-state index < -0.39 is 0 Å². The second kappa shape index (κ2) is 6.41. The van der Waals surface area contributed by atoms with Gasteiger partial charge in [0, 0.05) is 11.1 Å². The molecule has 1 aliphatic rings. The van der Waals surface area contributed by atoms with E-state index in [4.69, 9.17) is 0 Å². The molecule has 0 saturated heterocycles. The third kappa shape index (κ3) is 2.97. The Balaban J connectivity index is 2.31. The molecule has 114 valence electrons. The van der Waals surface area contributed by atoms with Gasteiger partial charge < -0.3 is 10.2 Å². The zero-order valence-electron chi connectivity index (χ0n) is 12.7. The number of fused-ring (bicyclic) bond motifs is 1. The van der Waals surface area contributed by atoms with Crippen molar-refractivity contribution in [2.24, 2.45) is 0 Å². The van der Waals surface area contributed by atoms with Crippen molar-refractivity contribution >= 4 is 16.3 Å². The molecule has 0 amide bonds. The molecule has 0 aliphatic heterocycles. The van der Waals surface area contributed by atoms with Crippen molar-refractivity contribution in [1.82, 2.24) is 0 Å². The second-order valence-corrected chi connectivity index (χ2v) is 5.39. The Bertz CT molecular complexity index is 880. The predicted octanol–water partition coefficient (Wildman–Crippen LogP) is 5.44. The molecular weight excluding hydrogens is 284 g/mol. The largest absolute Gasteiger partial charge is 0.507 e. The fourth-order valence-electron chi connectivity index (χ4n) is 2.73. The van der Waals surface area contributed by atoms with Crippen LogP contribution in [-0.4, -0.2) is 10.2 Å². The second-order valence-electron chi connectivity index (χ2n) is 5.39. The van der Waals surface area contributed by atoms with Gasteiger partial charge >= 0.3 is 0 Å². The topological polar surface area (TPSA) is 40.5 Å². The molecule has 0 bridgehead atoms. The molecule has 0 saturated carbocycles. The van der Waals surface area contributed by atoms with Crippen molar-refractivity contribution < 1.29 is 10.2 Å². The van der Waals surface area contributed by atoms with Gasteiger partial charge in [-0.2, -0.15) is 0 Å². The van der Waals surface area contributed by atoms with Crippen LogP contribution in [0.1, 0.15) is 12.0 Å². The molecule has 0 aromatic heterocycles. The van der Waals surface area contributed by atoms with Crippen LogP contribution < -0.4 is 0 Å². The zero-order chi connectivity index (χ0) is 16.2. The van der Waals surface area contributed by atoms with Gasteiger partial charge in [0.2, 0.25) is 0 Å². The van der Waals surface area contributed by atoms with Crippen LogP contribution in [0.2, 0.25) is 0 Å². The number of phenolic OH excluding ortho intramolecular Hbond substituents is 1. The van der Waals surface area contributed by atoms with Crippen LogP contribution in [0.5, 0.6) is 5.75 Å². The molecule has 0 unspecified atom stereocenters. The molecule has 0 atom stereocenters. The first-order valence-electron chi connectivity index (χ1n) is 7.52. The molecule has 0 radical (unpaired) electrons.